The topological polar surface area (TPSA) is 93.7 Å². The Morgan fingerprint density at radius 2 is 2.07 bits per heavy atom. The molecule has 0 radical (unpaired) electrons. The highest BCUT2D eigenvalue weighted by molar-refractivity contribution is 7.88. The zero-order valence-corrected chi connectivity index (χ0v) is 8.89. The Bertz CT molecular complexity index is 263. The molecule has 0 heterocycles. The van der Waals surface area contributed by atoms with Gasteiger partial charge in [-0.15, -0.1) is 0 Å². The van der Waals surface area contributed by atoms with Gasteiger partial charge < -0.3 is 9.47 Å². The van der Waals surface area contributed by atoms with Gasteiger partial charge in [0.1, 0.15) is 0 Å². The summed E-state index contributed by atoms with van der Waals surface area (Å²) in [7, 11) is -2.39. The molecule has 0 aromatic carbocycles. The fourth-order valence-electron chi connectivity index (χ4n) is 0.584. The van der Waals surface area contributed by atoms with E-state index >= 15 is 0 Å². The minimum atomic E-state index is -3.83. The van der Waals surface area contributed by atoms with E-state index in [0.717, 1.165) is 0 Å². The summed E-state index contributed by atoms with van der Waals surface area (Å²) >= 11 is 0. The fraction of sp³-hybridized carbons (Fsp3) is 0.833. The highest BCUT2D eigenvalue weighted by atomic mass is 32.2. The van der Waals surface area contributed by atoms with Crippen LogP contribution in [-0.4, -0.2) is 41.4 Å². The molecule has 0 unspecified atom stereocenters. The molecular formula is C6H14N2O5S. The van der Waals surface area contributed by atoms with Crippen LogP contribution in [0.5, 0.6) is 0 Å². The molecule has 0 atom stereocenters. The molecule has 7 nitrogen and oxygen atoms in total. The molecule has 0 aromatic heterocycles. The van der Waals surface area contributed by atoms with Gasteiger partial charge in [0.05, 0.1) is 13.2 Å². The largest absolute Gasteiger partial charge is 0.449 e. The van der Waals surface area contributed by atoms with Crippen molar-refractivity contribution in [1.82, 2.24) is 9.44 Å². The van der Waals surface area contributed by atoms with Crippen molar-refractivity contribution in [3.63, 3.8) is 0 Å². The maximum Gasteiger partial charge on any atom is 0.421 e. The fourth-order valence-corrected chi connectivity index (χ4v) is 1.29. The van der Waals surface area contributed by atoms with Gasteiger partial charge in [-0.05, 0) is 6.92 Å². The number of nitrogens with one attached hydrogen (secondary N) is 2. The van der Waals surface area contributed by atoms with Gasteiger partial charge in [0, 0.05) is 13.7 Å². The zero-order valence-electron chi connectivity index (χ0n) is 8.07. The second-order valence-corrected chi connectivity index (χ2v) is 3.71. The molecule has 0 saturated carbocycles. The van der Waals surface area contributed by atoms with Crippen LogP contribution >= 0.6 is 0 Å². The Morgan fingerprint density at radius 1 is 1.43 bits per heavy atom. The van der Waals surface area contributed by atoms with E-state index in [1.807, 2.05) is 0 Å². The summed E-state index contributed by atoms with van der Waals surface area (Å²) in [5, 5.41) is 0. The van der Waals surface area contributed by atoms with Crippen LogP contribution in [-0.2, 0) is 19.7 Å². The smallest absolute Gasteiger partial charge is 0.421 e. The van der Waals surface area contributed by atoms with Crippen molar-refractivity contribution in [3.8, 4) is 0 Å². The third-order valence-corrected chi connectivity index (χ3v) is 2.11. The molecule has 84 valence electrons. The molecule has 8 heteroatoms. The van der Waals surface area contributed by atoms with Gasteiger partial charge in [0.25, 0.3) is 0 Å². The number of amides is 1. The summed E-state index contributed by atoms with van der Waals surface area (Å²) in [6.45, 7) is 2.00. The molecule has 1 amide bonds. The van der Waals surface area contributed by atoms with Crippen molar-refractivity contribution in [2.45, 2.75) is 6.92 Å². The van der Waals surface area contributed by atoms with Crippen molar-refractivity contribution in [2.24, 2.45) is 0 Å². The Labute approximate surface area is 82.9 Å². The lowest BCUT2D eigenvalue weighted by Crippen LogP contribution is -2.41. The maximum atomic E-state index is 11.0. The van der Waals surface area contributed by atoms with Crippen LogP contribution in [0.2, 0.25) is 0 Å². The standard InChI is InChI=1S/C6H14N2O5S/c1-3-13-6(9)8-14(10,11)7-4-5-12-2/h7H,3-5H2,1-2H3,(H,8,9). The lowest BCUT2D eigenvalue weighted by molar-refractivity contribution is 0.158. The van der Waals surface area contributed by atoms with Crippen molar-refractivity contribution in [1.29, 1.82) is 0 Å². The maximum absolute atomic E-state index is 11.0. The number of rotatable bonds is 6. The molecule has 2 N–H and O–H groups in total. The van der Waals surface area contributed by atoms with Crippen molar-refractivity contribution in [3.05, 3.63) is 0 Å². The minimum Gasteiger partial charge on any atom is -0.449 e. The zero-order chi connectivity index (χ0) is 11.0. The number of ether oxygens (including phenoxy) is 2. The minimum absolute atomic E-state index is 0.0885. The number of carbonyl (C=O) groups is 1. The molecule has 0 aliphatic heterocycles. The highest BCUT2D eigenvalue weighted by Gasteiger charge is 2.13. The van der Waals surface area contributed by atoms with Crippen molar-refractivity contribution >= 4 is 16.3 Å². The van der Waals surface area contributed by atoms with Gasteiger partial charge in [0.2, 0.25) is 0 Å². The highest BCUT2D eigenvalue weighted by Crippen LogP contribution is 1.81. The second-order valence-electron chi connectivity index (χ2n) is 2.21. The van der Waals surface area contributed by atoms with Gasteiger partial charge in [-0.1, -0.05) is 0 Å². The van der Waals surface area contributed by atoms with Crippen LogP contribution < -0.4 is 9.44 Å². The molecule has 0 saturated heterocycles. The van der Waals surface area contributed by atoms with Gasteiger partial charge >= 0.3 is 16.3 Å². The summed E-state index contributed by atoms with van der Waals surface area (Å²) in [5.74, 6) is 0. The van der Waals surface area contributed by atoms with Crippen LogP contribution in [0.25, 0.3) is 0 Å². The first-order valence-corrected chi connectivity index (χ1v) is 5.43. The number of carbonyl (C=O) groups excluding carboxylic acids is 1. The molecule has 0 spiro atoms. The molecule has 0 aromatic rings. The van der Waals surface area contributed by atoms with E-state index in [9.17, 15) is 13.2 Å². The van der Waals surface area contributed by atoms with Gasteiger partial charge in [-0.2, -0.15) is 13.1 Å². The van der Waals surface area contributed by atoms with E-state index in [0.29, 0.717) is 0 Å². The van der Waals surface area contributed by atoms with Crippen LogP contribution in [0.15, 0.2) is 0 Å². The molecular weight excluding hydrogens is 212 g/mol. The second kappa shape index (κ2) is 6.57. The molecule has 0 aliphatic carbocycles. The third-order valence-electron chi connectivity index (χ3n) is 1.09. The summed E-state index contributed by atoms with van der Waals surface area (Å²) in [4.78, 5) is 10.7. The van der Waals surface area contributed by atoms with E-state index in [1.54, 1.807) is 11.6 Å². The van der Waals surface area contributed by atoms with Gasteiger partial charge in [-0.25, -0.2) is 9.52 Å². The quantitative estimate of drug-likeness (QED) is 0.579. The lowest BCUT2D eigenvalue weighted by Gasteiger charge is -2.07. The molecule has 0 aliphatic rings. The number of methoxy groups -OCH3 is 1. The lowest BCUT2D eigenvalue weighted by atomic mass is 10.7. The summed E-state index contributed by atoms with van der Waals surface area (Å²) in [6, 6.07) is 0. The first kappa shape index (κ1) is 13.1. The number of hydrogen-bond donors (Lipinski definition) is 2. The van der Waals surface area contributed by atoms with Gasteiger partial charge in [0.15, 0.2) is 0 Å². The first-order valence-electron chi connectivity index (χ1n) is 3.95. The van der Waals surface area contributed by atoms with Gasteiger partial charge in [-0.3, -0.25) is 0 Å². The Kier molecular flexibility index (Phi) is 6.17. The Hall–Kier alpha value is -0.860. The average Bonchev–Trinajstić information content (AvgIpc) is 2.03. The van der Waals surface area contributed by atoms with Crippen LogP contribution in [0.1, 0.15) is 6.92 Å². The van der Waals surface area contributed by atoms with Crippen LogP contribution in [0.4, 0.5) is 4.79 Å². The average molecular weight is 226 g/mol. The summed E-state index contributed by atoms with van der Waals surface area (Å²) < 4.78 is 34.8. The molecule has 0 bridgehead atoms. The predicted molar refractivity (Wildman–Crippen MR) is 49.0 cm³/mol. The van der Waals surface area contributed by atoms with Crippen molar-refractivity contribution < 1.29 is 22.7 Å². The first-order chi connectivity index (χ1) is 6.52. The summed E-state index contributed by atoms with van der Waals surface area (Å²) in [5.41, 5.74) is 0. The molecule has 14 heavy (non-hydrogen) atoms. The molecule has 0 rings (SSSR count). The molecule has 0 fully saturated rings. The van der Waals surface area contributed by atoms with E-state index in [4.69, 9.17) is 0 Å². The van der Waals surface area contributed by atoms with Crippen molar-refractivity contribution in [2.75, 3.05) is 26.9 Å². The van der Waals surface area contributed by atoms with E-state index in [2.05, 4.69) is 14.2 Å². The van der Waals surface area contributed by atoms with Crippen LogP contribution in [0.3, 0.4) is 0 Å². The predicted octanol–water partition coefficient (Wildman–Crippen LogP) is -0.787. The van der Waals surface area contributed by atoms with E-state index < -0.39 is 16.3 Å². The van der Waals surface area contributed by atoms with E-state index in [-0.39, 0.29) is 19.8 Å². The monoisotopic (exact) mass is 226 g/mol. The van der Waals surface area contributed by atoms with Crippen LogP contribution in [0, 0.1) is 0 Å². The Morgan fingerprint density at radius 3 is 2.57 bits per heavy atom. The number of hydrogen-bond acceptors (Lipinski definition) is 5. The van der Waals surface area contributed by atoms with E-state index in [1.165, 1.54) is 7.11 Å². The summed E-state index contributed by atoms with van der Waals surface area (Å²) in [6.07, 6.45) is -1.00. The normalized spacial score (nSPS) is 11.0. The SMILES string of the molecule is CCOC(=O)NS(=O)(=O)NCCOC. The Balaban J connectivity index is 3.89. The third kappa shape index (κ3) is 6.63.